The number of nitrogens with one attached hydrogen (secondary N) is 1. The maximum Gasteiger partial charge on any atom is 0.108 e. The zero-order valence-corrected chi connectivity index (χ0v) is 7.31. The second-order valence-corrected chi connectivity index (χ2v) is 3.08. The molecule has 3 heteroatoms. The van der Waals surface area contributed by atoms with Crippen LogP contribution in [0.2, 0.25) is 0 Å². The molecule has 0 fully saturated rings. The second kappa shape index (κ2) is 3.05. The van der Waals surface area contributed by atoms with Gasteiger partial charge in [-0.2, -0.15) is 0 Å². The molecule has 62 valence electrons. The van der Waals surface area contributed by atoms with Gasteiger partial charge in [-0.05, 0) is 20.8 Å². The second-order valence-electron chi connectivity index (χ2n) is 3.08. The first-order valence-corrected chi connectivity index (χ1v) is 3.87. The standard InChI is InChI=1S/C8H15N3/c1-5(9)4-8-10-6(2)7(3)11-8/h5H,4,9H2,1-3H3,(H,10,11). The van der Waals surface area contributed by atoms with Gasteiger partial charge in [-0.15, -0.1) is 0 Å². The lowest BCUT2D eigenvalue weighted by Crippen LogP contribution is -2.18. The molecule has 0 radical (unpaired) electrons. The third kappa shape index (κ3) is 2.05. The SMILES string of the molecule is Cc1nc(CC(C)N)[nH]c1C. The quantitative estimate of drug-likeness (QED) is 0.663. The molecular weight excluding hydrogens is 138 g/mol. The highest BCUT2D eigenvalue weighted by Gasteiger charge is 2.03. The number of aromatic nitrogens is 2. The van der Waals surface area contributed by atoms with E-state index >= 15 is 0 Å². The van der Waals surface area contributed by atoms with Crippen LogP contribution in [0, 0.1) is 13.8 Å². The van der Waals surface area contributed by atoms with E-state index in [0.29, 0.717) is 0 Å². The van der Waals surface area contributed by atoms with Crippen molar-refractivity contribution >= 4 is 0 Å². The van der Waals surface area contributed by atoms with E-state index in [1.165, 1.54) is 0 Å². The summed E-state index contributed by atoms with van der Waals surface area (Å²) >= 11 is 0. The van der Waals surface area contributed by atoms with Crippen molar-refractivity contribution in [1.29, 1.82) is 0 Å². The molecule has 0 saturated heterocycles. The summed E-state index contributed by atoms with van der Waals surface area (Å²) in [4.78, 5) is 7.50. The van der Waals surface area contributed by atoms with Crippen molar-refractivity contribution in [3.05, 3.63) is 17.2 Å². The molecule has 1 atom stereocenters. The molecule has 11 heavy (non-hydrogen) atoms. The predicted molar refractivity (Wildman–Crippen MR) is 45.4 cm³/mol. The number of H-pyrrole nitrogens is 1. The van der Waals surface area contributed by atoms with Gasteiger partial charge in [0, 0.05) is 18.2 Å². The van der Waals surface area contributed by atoms with Crippen molar-refractivity contribution in [1.82, 2.24) is 9.97 Å². The fourth-order valence-electron chi connectivity index (χ4n) is 1.02. The van der Waals surface area contributed by atoms with Gasteiger partial charge in [-0.1, -0.05) is 0 Å². The van der Waals surface area contributed by atoms with Gasteiger partial charge < -0.3 is 10.7 Å². The number of aryl methyl sites for hydroxylation is 2. The topological polar surface area (TPSA) is 54.7 Å². The lowest BCUT2D eigenvalue weighted by Gasteiger charge is -1.99. The number of imidazole rings is 1. The summed E-state index contributed by atoms with van der Waals surface area (Å²) in [6.07, 6.45) is 0.828. The van der Waals surface area contributed by atoms with Crippen molar-refractivity contribution < 1.29 is 0 Å². The average molecular weight is 153 g/mol. The molecular formula is C8H15N3. The van der Waals surface area contributed by atoms with E-state index in [2.05, 4.69) is 9.97 Å². The third-order valence-corrected chi connectivity index (χ3v) is 1.69. The van der Waals surface area contributed by atoms with E-state index in [0.717, 1.165) is 23.6 Å². The minimum atomic E-state index is 0.181. The maximum atomic E-state index is 5.62. The first-order valence-electron chi connectivity index (χ1n) is 3.87. The number of rotatable bonds is 2. The first-order chi connectivity index (χ1) is 5.09. The van der Waals surface area contributed by atoms with E-state index in [4.69, 9.17) is 5.73 Å². The van der Waals surface area contributed by atoms with Crippen LogP contribution in [0.1, 0.15) is 24.1 Å². The normalized spacial score (nSPS) is 13.5. The molecule has 1 heterocycles. The van der Waals surface area contributed by atoms with Crippen LogP contribution in [-0.2, 0) is 6.42 Å². The van der Waals surface area contributed by atoms with Crippen molar-refractivity contribution in [3.8, 4) is 0 Å². The molecule has 3 N–H and O–H groups in total. The van der Waals surface area contributed by atoms with Gasteiger partial charge in [0.05, 0.1) is 5.69 Å². The molecule has 0 bridgehead atoms. The fourth-order valence-corrected chi connectivity index (χ4v) is 1.02. The van der Waals surface area contributed by atoms with Crippen molar-refractivity contribution in [2.75, 3.05) is 0 Å². The minimum absolute atomic E-state index is 0.181. The van der Waals surface area contributed by atoms with Gasteiger partial charge in [-0.3, -0.25) is 0 Å². The fraction of sp³-hybridized carbons (Fsp3) is 0.625. The maximum absolute atomic E-state index is 5.62. The molecule has 1 aromatic rings. The van der Waals surface area contributed by atoms with Gasteiger partial charge >= 0.3 is 0 Å². The van der Waals surface area contributed by atoms with Gasteiger partial charge in [0.15, 0.2) is 0 Å². The molecule has 0 saturated carbocycles. The van der Waals surface area contributed by atoms with Crippen molar-refractivity contribution in [2.24, 2.45) is 5.73 Å². The van der Waals surface area contributed by atoms with E-state index in [-0.39, 0.29) is 6.04 Å². The molecule has 0 spiro atoms. The molecule has 0 aliphatic rings. The highest BCUT2D eigenvalue weighted by atomic mass is 14.9. The Bertz CT molecular complexity index is 218. The zero-order chi connectivity index (χ0) is 8.43. The summed E-state index contributed by atoms with van der Waals surface area (Å²) in [5.74, 6) is 0.995. The van der Waals surface area contributed by atoms with E-state index < -0.39 is 0 Å². The Morgan fingerprint density at radius 3 is 2.55 bits per heavy atom. The molecule has 1 unspecified atom stereocenters. The van der Waals surface area contributed by atoms with Gasteiger partial charge in [-0.25, -0.2) is 4.98 Å². The van der Waals surface area contributed by atoms with Crippen LogP contribution in [0.5, 0.6) is 0 Å². The summed E-state index contributed by atoms with van der Waals surface area (Å²) in [5.41, 5.74) is 7.83. The van der Waals surface area contributed by atoms with E-state index in [1.54, 1.807) is 0 Å². The predicted octanol–water partition coefficient (Wildman–Crippen LogP) is 0.916. The molecule has 0 amide bonds. The van der Waals surface area contributed by atoms with Crippen LogP contribution in [0.25, 0.3) is 0 Å². The monoisotopic (exact) mass is 153 g/mol. The van der Waals surface area contributed by atoms with Crippen molar-refractivity contribution in [2.45, 2.75) is 33.2 Å². The minimum Gasteiger partial charge on any atom is -0.346 e. The van der Waals surface area contributed by atoms with Crippen LogP contribution in [-0.4, -0.2) is 16.0 Å². The summed E-state index contributed by atoms with van der Waals surface area (Å²) in [5, 5.41) is 0. The Labute approximate surface area is 67.0 Å². The molecule has 0 aliphatic carbocycles. The Hall–Kier alpha value is -0.830. The largest absolute Gasteiger partial charge is 0.346 e. The number of hydrogen-bond donors (Lipinski definition) is 2. The van der Waals surface area contributed by atoms with Gasteiger partial charge in [0.2, 0.25) is 0 Å². The summed E-state index contributed by atoms with van der Waals surface area (Å²) in [6, 6.07) is 0.181. The summed E-state index contributed by atoms with van der Waals surface area (Å²) < 4.78 is 0. The number of nitrogens with two attached hydrogens (primary N) is 1. The molecule has 1 aromatic heterocycles. The lowest BCUT2D eigenvalue weighted by molar-refractivity contribution is 0.708. The Kier molecular flexibility index (Phi) is 2.29. The average Bonchev–Trinajstić information content (AvgIpc) is 2.10. The van der Waals surface area contributed by atoms with Crippen LogP contribution in [0.4, 0.5) is 0 Å². The Morgan fingerprint density at radius 2 is 2.18 bits per heavy atom. The smallest absolute Gasteiger partial charge is 0.108 e. The Balaban J connectivity index is 2.73. The van der Waals surface area contributed by atoms with Crippen LogP contribution in [0.15, 0.2) is 0 Å². The van der Waals surface area contributed by atoms with Crippen molar-refractivity contribution in [3.63, 3.8) is 0 Å². The molecule has 1 rings (SSSR count). The zero-order valence-electron chi connectivity index (χ0n) is 7.31. The summed E-state index contributed by atoms with van der Waals surface area (Å²) in [6.45, 7) is 6.00. The molecule has 0 aliphatic heterocycles. The van der Waals surface area contributed by atoms with Gasteiger partial charge in [0.1, 0.15) is 5.82 Å². The van der Waals surface area contributed by atoms with Crippen LogP contribution >= 0.6 is 0 Å². The van der Waals surface area contributed by atoms with E-state index in [9.17, 15) is 0 Å². The lowest BCUT2D eigenvalue weighted by atomic mass is 10.2. The number of hydrogen-bond acceptors (Lipinski definition) is 2. The summed E-state index contributed by atoms with van der Waals surface area (Å²) in [7, 11) is 0. The Morgan fingerprint density at radius 1 is 1.55 bits per heavy atom. The molecule has 0 aromatic carbocycles. The van der Waals surface area contributed by atoms with Crippen LogP contribution < -0.4 is 5.73 Å². The number of aromatic amines is 1. The van der Waals surface area contributed by atoms with Gasteiger partial charge in [0.25, 0.3) is 0 Å². The molecule has 3 nitrogen and oxygen atoms in total. The highest BCUT2D eigenvalue weighted by Crippen LogP contribution is 2.03. The first kappa shape index (κ1) is 8.27. The van der Waals surface area contributed by atoms with Crippen LogP contribution in [0.3, 0.4) is 0 Å². The number of nitrogens with zero attached hydrogens (tertiary/aromatic N) is 1. The third-order valence-electron chi connectivity index (χ3n) is 1.69. The van der Waals surface area contributed by atoms with E-state index in [1.807, 2.05) is 20.8 Å². The highest BCUT2D eigenvalue weighted by molar-refractivity contribution is 5.11.